The van der Waals surface area contributed by atoms with Crippen molar-refractivity contribution in [2.45, 2.75) is 6.92 Å². The second-order valence-electron chi connectivity index (χ2n) is 7.80. The minimum Gasteiger partial charge on any atom is -0.493 e. The van der Waals surface area contributed by atoms with Crippen LogP contribution in [0.2, 0.25) is 0 Å². The predicted molar refractivity (Wildman–Crippen MR) is 130 cm³/mol. The van der Waals surface area contributed by atoms with E-state index in [1.807, 2.05) is 43.3 Å². The second kappa shape index (κ2) is 8.44. The van der Waals surface area contributed by atoms with Gasteiger partial charge in [0, 0.05) is 28.0 Å². The third kappa shape index (κ3) is 3.67. The summed E-state index contributed by atoms with van der Waals surface area (Å²) in [5, 5.41) is 4.38. The molecule has 34 heavy (non-hydrogen) atoms. The Bertz CT molecular complexity index is 1610. The van der Waals surface area contributed by atoms with Crippen LogP contribution in [0.5, 0.6) is 11.5 Å². The Labute approximate surface area is 194 Å². The Morgan fingerprint density at radius 1 is 0.824 bits per heavy atom. The zero-order valence-electron chi connectivity index (χ0n) is 18.8. The summed E-state index contributed by atoms with van der Waals surface area (Å²) in [6.07, 6.45) is 0. The largest absolute Gasteiger partial charge is 0.493 e. The van der Waals surface area contributed by atoms with Crippen molar-refractivity contribution in [3.63, 3.8) is 0 Å². The topological polar surface area (TPSA) is 90.9 Å². The van der Waals surface area contributed by atoms with E-state index in [0.29, 0.717) is 56.0 Å². The lowest BCUT2D eigenvalue weighted by atomic mass is 10.0. The first kappa shape index (κ1) is 21.3. The smallest absolute Gasteiger partial charge is 0.336 e. The number of ether oxygens (including phenoxy) is 2. The molecule has 170 valence electrons. The molecular weight excluding hydrogens is 434 g/mol. The standard InChI is InChI=1S/C27H21NO6/c1-15-8-10-17-19(14-24(29)33-22(17)12-15)26-25(18-6-4-5-7-20(18)34-26)28-27(30)16-9-11-21(31-2)23(13-16)32-3/h4-14H,1-3H3,(H,28,30). The molecule has 0 bridgehead atoms. The molecule has 0 saturated heterocycles. The minimum absolute atomic E-state index is 0.364. The maximum absolute atomic E-state index is 13.3. The highest BCUT2D eigenvalue weighted by Gasteiger charge is 2.22. The molecule has 0 aliphatic heterocycles. The number of anilines is 1. The zero-order chi connectivity index (χ0) is 23.8. The Morgan fingerprint density at radius 3 is 2.41 bits per heavy atom. The van der Waals surface area contributed by atoms with Crippen molar-refractivity contribution in [2.75, 3.05) is 19.5 Å². The number of benzene rings is 3. The molecule has 0 spiro atoms. The van der Waals surface area contributed by atoms with E-state index in [1.54, 1.807) is 24.3 Å². The normalized spacial score (nSPS) is 11.0. The average molecular weight is 455 g/mol. The summed E-state index contributed by atoms with van der Waals surface area (Å²) < 4.78 is 22.2. The molecule has 2 heterocycles. The van der Waals surface area contributed by atoms with Gasteiger partial charge in [0.1, 0.15) is 11.2 Å². The summed E-state index contributed by atoms with van der Waals surface area (Å²) in [5.74, 6) is 0.967. The highest BCUT2D eigenvalue weighted by Crippen LogP contribution is 2.41. The Kier molecular flexibility index (Phi) is 5.30. The molecule has 0 atom stereocenters. The van der Waals surface area contributed by atoms with Gasteiger partial charge in [0.2, 0.25) is 0 Å². The number of hydrogen-bond donors (Lipinski definition) is 1. The van der Waals surface area contributed by atoms with Gasteiger partial charge in [0.15, 0.2) is 17.3 Å². The van der Waals surface area contributed by atoms with Crippen LogP contribution in [-0.2, 0) is 0 Å². The minimum atomic E-state index is -0.509. The van der Waals surface area contributed by atoms with Gasteiger partial charge in [-0.2, -0.15) is 0 Å². The maximum atomic E-state index is 13.3. The second-order valence-corrected chi connectivity index (χ2v) is 7.80. The maximum Gasteiger partial charge on any atom is 0.336 e. The van der Waals surface area contributed by atoms with Gasteiger partial charge in [-0.1, -0.05) is 24.3 Å². The molecule has 0 fully saturated rings. The van der Waals surface area contributed by atoms with E-state index in [-0.39, 0.29) is 5.91 Å². The Balaban J connectivity index is 1.67. The molecule has 7 heteroatoms. The quantitative estimate of drug-likeness (QED) is 0.338. The molecule has 7 nitrogen and oxygen atoms in total. The summed E-state index contributed by atoms with van der Waals surface area (Å²) in [5.41, 5.74) is 2.84. The number of amides is 1. The fraction of sp³-hybridized carbons (Fsp3) is 0.111. The lowest BCUT2D eigenvalue weighted by molar-refractivity contribution is 0.102. The van der Waals surface area contributed by atoms with Crippen molar-refractivity contribution in [1.82, 2.24) is 0 Å². The van der Waals surface area contributed by atoms with E-state index in [9.17, 15) is 9.59 Å². The zero-order valence-corrected chi connectivity index (χ0v) is 18.8. The third-order valence-electron chi connectivity index (χ3n) is 5.62. The van der Waals surface area contributed by atoms with Crippen molar-refractivity contribution >= 4 is 33.5 Å². The van der Waals surface area contributed by atoms with E-state index in [1.165, 1.54) is 20.3 Å². The van der Waals surface area contributed by atoms with Gasteiger partial charge >= 0.3 is 5.63 Å². The number of hydrogen-bond acceptors (Lipinski definition) is 6. The summed E-state index contributed by atoms with van der Waals surface area (Å²) in [6.45, 7) is 1.92. The van der Waals surface area contributed by atoms with Gasteiger partial charge in [-0.05, 0) is 48.9 Å². The summed E-state index contributed by atoms with van der Waals surface area (Å²) >= 11 is 0. The van der Waals surface area contributed by atoms with Crippen LogP contribution in [0.1, 0.15) is 15.9 Å². The van der Waals surface area contributed by atoms with Crippen LogP contribution in [0.3, 0.4) is 0 Å². The molecule has 0 aliphatic rings. The summed E-state index contributed by atoms with van der Waals surface area (Å²) in [6, 6.07) is 19.2. The molecule has 1 amide bonds. The highest BCUT2D eigenvalue weighted by molar-refractivity contribution is 6.13. The van der Waals surface area contributed by atoms with Crippen molar-refractivity contribution in [2.24, 2.45) is 0 Å². The Morgan fingerprint density at radius 2 is 1.62 bits per heavy atom. The van der Waals surface area contributed by atoms with Gasteiger partial charge in [-0.15, -0.1) is 0 Å². The number of carbonyl (C=O) groups is 1. The summed E-state index contributed by atoms with van der Waals surface area (Å²) in [7, 11) is 3.04. The summed E-state index contributed by atoms with van der Waals surface area (Å²) in [4.78, 5) is 25.6. The first-order valence-electron chi connectivity index (χ1n) is 10.6. The fourth-order valence-corrected chi connectivity index (χ4v) is 3.98. The van der Waals surface area contributed by atoms with Crippen molar-refractivity contribution in [1.29, 1.82) is 0 Å². The molecule has 5 rings (SSSR count). The van der Waals surface area contributed by atoms with Crippen LogP contribution < -0.4 is 20.4 Å². The molecule has 2 aromatic heterocycles. The number of nitrogens with one attached hydrogen (secondary N) is 1. The van der Waals surface area contributed by atoms with Crippen LogP contribution >= 0.6 is 0 Å². The van der Waals surface area contributed by atoms with Crippen molar-refractivity contribution in [3.8, 4) is 22.8 Å². The number of methoxy groups -OCH3 is 2. The molecule has 0 radical (unpaired) electrons. The molecule has 5 aromatic rings. The van der Waals surface area contributed by atoms with Crippen LogP contribution in [0.25, 0.3) is 33.3 Å². The van der Waals surface area contributed by atoms with Crippen molar-refractivity contribution < 1.29 is 23.1 Å². The molecule has 1 N–H and O–H groups in total. The predicted octanol–water partition coefficient (Wildman–Crippen LogP) is 5.78. The van der Waals surface area contributed by atoms with Gasteiger partial charge < -0.3 is 23.6 Å². The first-order chi connectivity index (χ1) is 16.5. The van der Waals surface area contributed by atoms with E-state index < -0.39 is 5.63 Å². The van der Waals surface area contributed by atoms with Gasteiger partial charge in [-0.3, -0.25) is 4.79 Å². The number of para-hydroxylation sites is 1. The van der Waals surface area contributed by atoms with Crippen LogP contribution in [0.15, 0.2) is 80.4 Å². The number of fused-ring (bicyclic) bond motifs is 2. The van der Waals surface area contributed by atoms with Gasteiger partial charge in [0.25, 0.3) is 5.91 Å². The van der Waals surface area contributed by atoms with E-state index >= 15 is 0 Å². The number of aryl methyl sites for hydroxylation is 1. The van der Waals surface area contributed by atoms with Gasteiger partial charge in [0.05, 0.1) is 19.9 Å². The van der Waals surface area contributed by atoms with Crippen LogP contribution in [0, 0.1) is 6.92 Å². The van der Waals surface area contributed by atoms with Gasteiger partial charge in [-0.25, -0.2) is 4.79 Å². The first-order valence-corrected chi connectivity index (χ1v) is 10.6. The number of furan rings is 1. The van der Waals surface area contributed by atoms with Crippen LogP contribution in [0.4, 0.5) is 5.69 Å². The SMILES string of the molecule is COc1ccc(C(=O)Nc2c(-c3cc(=O)oc4cc(C)ccc34)oc3ccccc23)cc1OC. The molecular formula is C27H21NO6. The molecule has 0 unspecified atom stereocenters. The monoisotopic (exact) mass is 455 g/mol. The van der Waals surface area contributed by atoms with E-state index in [0.717, 1.165) is 5.56 Å². The van der Waals surface area contributed by atoms with Crippen molar-refractivity contribution in [3.05, 3.63) is 88.3 Å². The third-order valence-corrected chi connectivity index (χ3v) is 5.62. The molecule has 0 aliphatic carbocycles. The van der Waals surface area contributed by atoms with Crippen LogP contribution in [-0.4, -0.2) is 20.1 Å². The average Bonchev–Trinajstić information content (AvgIpc) is 3.20. The Hall–Kier alpha value is -4.52. The fourth-order valence-electron chi connectivity index (χ4n) is 3.98. The van der Waals surface area contributed by atoms with E-state index in [2.05, 4.69) is 5.32 Å². The molecule has 0 saturated carbocycles. The number of rotatable bonds is 5. The molecule has 3 aromatic carbocycles. The lowest BCUT2D eigenvalue weighted by Crippen LogP contribution is -2.12. The van der Waals surface area contributed by atoms with E-state index in [4.69, 9.17) is 18.3 Å². The number of carbonyl (C=O) groups excluding carboxylic acids is 1. The highest BCUT2D eigenvalue weighted by atomic mass is 16.5. The lowest BCUT2D eigenvalue weighted by Gasteiger charge is -2.11.